The summed E-state index contributed by atoms with van der Waals surface area (Å²) in [6.07, 6.45) is 0. The molecule has 122 valence electrons. The van der Waals surface area contributed by atoms with E-state index in [0.717, 1.165) is 0 Å². The number of hydrogen-bond acceptors (Lipinski definition) is 1. The first-order valence-corrected chi connectivity index (χ1v) is 9.61. The first-order valence-electron chi connectivity index (χ1n) is 8.79. The molecule has 0 aliphatic carbocycles. The van der Waals surface area contributed by atoms with Crippen molar-refractivity contribution < 1.29 is 0 Å². The van der Waals surface area contributed by atoms with E-state index in [1.54, 1.807) is 0 Å². The zero-order chi connectivity index (χ0) is 17.1. The highest BCUT2D eigenvalue weighted by Crippen LogP contribution is 2.40. The number of hydrogen-bond donors (Lipinski definition) is 1. The van der Waals surface area contributed by atoms with Gasteiger partial charge in [0.15, 0.2) is 0 Å². The Morgan fingerprint density at radius 1 is 0.577 bits per heavy atom. The minimum Gasteiger partial charge on any atom is -0.355 e. The minimum absolute atomic E-state index is 1.19. The first-order chi connectivity index (χ1) is 12.9. The lowest BCUT2D eigenvalue weighted by Crippen LogP contribution is -1.78. The number of para-hydroxylation sites is 1. The molecule has 0 bridgehead atoms. The van der Waals surface area contributed by atoms with Gasteiger partial charge in [-0.05, 0) is 35.4 Å². The molecule has 1 nitrogen and oxygen atoms in total. The Bertz CT molecular complexity index is 1430. The molecule has 0 spiro atoms. The molecule has 0 atom stereocenters. The largest absolute Gasteiger partial charge is 0.355 e. The van der Waals surface area contributed by atoms with Crippen LogP contribution < -0.4 is 0 Å². The van der Waals surface area contributed by atoms with E-state index in [-0.39, 0.29) is 0 Å². The number of aromatic nitrogens is 1. The summed E-state index contributed by atoms with van der Waals surface area (Å²) in [6.45, 7) is 0. The van der Waals surface area contributed by atoms with Crippen LogP contribution in [0.3, 0.4) is 0 Å². The molecule has 6 aromatic rings. The van der Waals surface area contributed by atoms with Gasteiger partial charge >= 0.3 is 0 Å². The van der Waals surface area contributed by atoms with Crippen LogP contribution in [0, 0.1) is 0 Å². The molecular weight excluding hydrogens is 334 g/mol. The average Bonchev–Trinajstić information content (AvgIpc) is 3.25. The Kier molecular flexibility index (Phi) is 2.82. The minimum atomic E-state index is 1.19. The molecule has 26 heavy (non-hydrogen) atoms. The molecule has 6 rings (SSSR count). The summed E-state index contributed by atoms with van der Waals surface area (Å²) in [5.41, 5.74) is 4.98. The third kappa shape index (κ3) is 1.91. The molecule has 2 aromatic heterocycles. The van der Waals surface area contributed by atoms with Crippen molar-refractivity contribution in [2.24, 2.45) is 0 Å². The monoisotopic (exact) mass is 349 g/mol. The number of H-pyrrole nitrogens is 1. The SMILES string of the molecule is c1ccc2c(c1)[nH]c1ccc(-c3cccc4c3sc3ccccc34)cc12. The molecule has 0 radical (unpaired) electrons. The molecule has 0 saturated carbocycles. The van der Waals surface area contributed by atoms with Crippen LogP contribution in [0.15, 0.2) is 84.9 Å². The van der Waals surface area contributed by atoms with Crippen molar-refractivity contribution in [3.05, 3.63) is 84.9 Å². The van der Waals surface area contributed by atoms with Crippen LogP contribution in [0.5, 0.6) is 0 Å². The van der Waals surface area contributed by atoms with Crippen molar-refractivity contribution in [1.29, 1.82) is 0 Å². The molecule has 0 aliphatic rings. The van der Waals surface area contributed by atoms with Crippen molar-refractivity contribution >= 4 is 53.3 Å². The number of benzene rings is 4. The van der Waals surface area contributed by atoms with Crippen molar-refractivity contribution in [3.63, 3.8) is 0 Å². The third-order valence-corrected chi connectivity index (χ3v) is 6.44. The summed E-state index contributed by atoms with van der Waals surface area (Å²) in [5, 5.41) is 5.27. The Labute approximate surface area is 154 Å². The van der Waals surface area contributed by atoms with Gasteiger partial charge in [0.1, 0.15) is 0 Å². The average molecular weight is 349 g/mol. The quantitative estimate of drug-likeness (QED) is 0.319. The van der Waals surface area contributed by atoms with E-state index in [1.807, 2.05) is 11.3 Å². The first kappa shape index (κ1) is 14.1. The van der Waals surface area contributed by atoms with Crippen molar-refractivity contribution in [1.82, 2.24) is 4.98 Å². The fourth-order valence-electron chi connectivity index (χ4n) is 3.99. The van der Waals surface area contributed by atoms with Crippen LogP contribution in [0.25, 0.3) is 53.1 Å². The Morgan fingerprint density at radius 3 is 2.31 bits per heavy atom. The summed E-state index contributed by atoms with van der Waals surface area (Å²) in [4.78, 5) is 3.52. The zero-order valence-electron chi connectivity index (χ0n) is 14.0. The van der Waals surface area contributed by atoms with Crippen molar-refractivity contribution in [3.8, 4) is 11.1 Å². The predicted octanol–water partition coefficient (Wildman–Crippen LogP) is 7.36. The van der Waals surface area contributed by atoms with E-state index >= 15 is 0 Å². The van der Waals surface area contributed by atoms with E-state index in [1.165, 1.54) is 53.1 Å². The topological polar surface area (TPSA) is 15.8 Å². The summed E-state index contributed by atoms with van der Waals surface area (Å²) < 4.78 is 2.72. The number of thiophene rings is 1. The maximum atomic E-state index is 3.52. The lowest BCUT2D eigenvalue weighted by atomic mass is 10.0. The molecular formula is C24H15NS. The summed E-state index contributed by atoms with van der Waals surface area (Å²) in [7, 11) is 0. The molecule has 4 aromatic carbocycles. The highest BCUT2D eigenvalue weighted by molar-refractivity contribution is 7.26. The van der Waals surface area contributed by atoms with E-state index in [9.17, 15) is 0 Å². The van der Waals surface area contributed by atoms with E-state index in [0.29, 0.717) is 0 Å². The Hall–Kier alpha value is -3.10. The van der Waals surface area contributed by atoms with Crippen molar-refractivity contribution in [2.75, 3.05) is 0 Å². The molecule has 0 amide bonds. The van der Waals surface area contributed by atoms with E-state index in [2.05, 4.69) is 89.9 Å². The highest BCUT2D eigenvalue weighted by Gasteiger charge is 2.11. The van der Waals surface area contributed by atoms with Gasteiger partial charge in [0.2, 0.25) is 0 Å². The Balaban J connectivity index is 1.68. The molecule has 1 N–H and O–H groups in total. The summed E-state index contributed by atoms with van der Waals surface area (Å²) >= 11 is 1.89. The van der Waals surface area contributed by atoms with Gasteiger partial charge in [-0.15, -0.1) is 11.3 Å². The van der Waals surface area contributed by atoms with Gasteiger partial charge in [-0.25, -0.2) is 0 Å². The molecule has 2 heterocycles. The van der Waals surface area contributed by atoms with Gasteiger partial charge < -0.3 is 4.98 Å². The van der Waals surface area contributed by atoms with Crippen LogP contribution in [-0.4, -0.2) is 4.98 Å². The number of aromatic amines is 1. The van der Waals surface area contributed by atoms with Gasteiger partial charge in [0, 0.05) is 42.0 Å². The maximum Gasteiger partial charge on any atom is 0.0465 e. The van der Waals surface area contributed by atoms with Crippen LogP contribution in [0.4, 0.5) is 0 Å². The highest BCUT2D eigenvalue weighted by atomic mass is 32.1. The molecule has 0 aliphatic heterocycles. The number of nitrogens with one attached hydrogen (secondary N) is 1. The van der Waals surface area contributed by atoms with Gasteiger partial charge in [-0.1, -0.05) is 60.7 Å². The van der Waals surface area contributed by atoms with Gasteiger partial charge in [0.05, 0.1) is 0 Å². The number of fused-ring (bicyclic) bond motifs is 6. The van der Waals surface area contributed by atoms with E-state index < -0.39 is 0 Å². The van der Waals surface area contributed by atoms with Crippen LogP contribution in [0.2, 0.25) is 0 Å². The van der Waals surface area contributed by atoms with Crippen LogP contribution in [-0.2, 0) is 0 Å². The lowest BCUT2D eigenvalue weighted by molar-refractivity contribution is 1.55. The lowest BCUT2D eigenvalue weighted by Gasteiger charge is -2.04. The van der Waals surface area contributed by atoms with Gasteiger partial charge in [-0.2, -0.15) is 0 Å². The predicted molar refractivity (Wildman–Crippen MR) is 114 cm³/mol. The zero-order valence-corrected chi connectivity index (χ0v) is 14.8. The normalized spacial score (nSPS) is 11.8. The summed E-state index contributed by atoms with van der Waals surface area (Å²) in [6, 6.07) is 30.6. The van der Waals surface area contributed by atoms with Crippen LogP contribution >= 0.6 is 11.3 Å². The fraction of sp³-hybridized carbons (Fsp3) is 0. The second kappa shape index (κ2) is 5.20. The maximum absolute atomic E-state index is 3.52. The fourth-order valence-corrected chi connectivity index (χ4v) is 5.23. The molecule has 0 unspecified atom stereocenters. The summed E-state index contributed by atoms with van der Waals surface area (Å²) in [5.74, 6) is 0. The third-order valence-electron chi connectivity index (χ3n) is 5.22. The smallest absolute Gasteiger partial charge is 0.0465 e. The van der Waals surface area contributed by atoms with Crippen LogP contribution in [0.1, 0.15) is 0 Å². The van der Waals surface area contributed by atoms with Crippen molar-refractivity contribution in [2.45, 2.75) is 0 Å². The second-order valence-corrected chi connectivity index (χ2v) is 7.76. The van der Waals surface area contributed by atoms with Gasteiger partial charge in [-0.3, -0.25) is 0 Å². The number of rotatable bonds is 1. The molecule has 0 saturated heterocycles. The Morgan fingerprint density at radius 2 is 1.35 bits per heavy atom. The second-order valence-electron chi connectivity index (χ2n) is 6.71. The standard InChI is InChI=1S/C24H15NS/c1-3-10-21-17(6-1)20-14-15(12-13-22(20)25-21)16-8-5-9-19-18-7-2-4-11-23(18)26-24(16)19/h1-14,25H. The molecule has 2 heteroatoms. The van der Waals surface area contributed by atoms with Gasteiger partial charge in [0.25, 0.3) is 0 Å². The molecule has 0 fully saturated rings. The van der Waals surface area contributed by atoms with E-state index in [4.69, 9.17) is 0 Å².